The normalized spacial score (nSPS) is 11.5. The summed E-state index contributed by atoms with van der Waals surface area (Å²) in [7, 11) is -1.53. The molecule has 1 unspecified atom stereocenters. The molecule has 2 rings (SSSR count). The van der Waals surface area contributed by atoms with Crippen LogP contribution in [0.15, 0.2) is 54.3 Å². The van der Waals surface area contributed by atoms with Crippen molar-refractivity contribution in [2.45, 2.75) is 19.5 Å². The molecule has 4 nitrogen and oxygen atoms in total. The fraction of sp³-hybridized carbons (Fsp3) is 0.222. The van der Waals surface area contributed by atoms with Gasteiger partial charge in [0.2, 0.25) is 0 Å². The molecule has 2 aromatic rings. The van der Waals surface area contributed by atoms with Crippen molar-refractivity contribution < 1.29 is 34.6 Å². The van der Waals surface area contributed by atoms with Crippen LogP contribution < -0.4 is 0 Å². The molecule has 0 fully saturated rings. The van der Waals surface area contributed by atoms with Crippen LogP contribution in [-0.4, -0.2) is 22.0 Å². The maximum atomic E-state index is 12.1. The summed E-state index contributed by atoms with van der Waals surface area (Å²) < 4.78 is 12.1. The Morgan fingerprint density at radius 3 is 2.75 bits per heavy atom. The van der Waals surface area contributed by atoms with E-state index in [1.807, 2.05) is 42.5 Å². The van der Waals surface area contributed by atoms with Gasteiger partial charge in [0.05, 0.1) is 11.5 Å². The van der Waals surface area contributed by atoms with Crippen molar-refractivity contribution in [2.24, 2.45) is 0 Å². The second-order valence-electron chi connectivity index (χ2n) is 5.15. The maximum Gasteiger partial charge on any atom is 0.345 e. The summed E-state index contributed by atoms with van der Waals surface area (Å²) >= 11 is 0. The third-order valence-corrected chi connectivity index (χ3v) is 4.52. The molecule has 0 aliphatic carbocycles. The van der Waals surface area contributed by atoms with Gasteiger partial charge < -0.3 is 5.11 Å². The Labute approximate surface area is 156 Å². The Morgan fingerprint density at radius 1 is 1.29 bits per heavy atom. The van der Waals surface area contributed by atoms with Crippen LogP contribution in [0.5, 0.6) is 0 Å². The van der Waals surface area contributed by atoms with Crippen LogP contribution in [0.25, 0.3) is 11.3 Å². The first-order chi connectivity index (χ1) is 11.0. The third-order valence-electron chi connectivity index (χ3n) is 3.12. The van der Waals surface area contributed by atoms with E-state index in [0.717, 1.165) is 23.0 Å². The first kappa shape index (κ1) is 20.4. The van der Waals surface area contributed by atoms with Gasteiger partial charge in [-0.2, -0.15) is 0 Å². The molecule has 0 aliphatic rings. The monoisotopic (exact) mass is 520 g/mol. The standard InChI is InChI=1S/C18H18NO3P.Ir/c1-14(20)12-17(21)10-11-23(22)13-16-8-5-9-18(19-16)15-6-3-2-4-7-15;/h2-6,8-9,12,21H,10-11,13H2,1H3;/b17-12-;. The van der Waals surface area contributed by atoms with Gasteiger partial charge in [0.25, 0.3) is 0 Å². The van der Waals surface area contributed by atoms with Gasteiger partial charge in [-0.05, 0) is 18.7 Å². The average Bonchev–Trinajstić information content (AvgIpc) is 2.53. The van der Waals surface area contributed by atoms with Crippen molar-refractivity contribution >= 4 is 13.6 Å². The van der Waals surface area contributed by atoms with E-state index in [0.29, 0.717) is 12.3 Å². The Morgan fingerprint density at radius 2 is 2.08 bits per heavy atom. The molecule has 1 atom stereocenters. The molecule has 1 radical (unpaired) electrons. The summed E-state index contributed by atoms with van der Waals surface area (Å²) in [6.07, 6.45) is 2.08. The minimum absolute atomic E-state index is 0. The second kappa shape index (κ2) is 10.2. The Balaban J connectivity index is 0.00000288. The fourth-order valence-corrected chi connectivity index (χ4v) is 3.25. The van der Waals surface area contributed by atoms with Crippen LogP contribution in [0.1, 0.15) is 19.0 Å². The van der Waals surface area contributed by atoms with E-state index in [1.165, 1.54) is 6.92 Å². The Bertz CT molecular complexity index is 732. The molecule has 24 heavy (non-hydrogen) atoms. The van der Waals surface area contributed by atoms with E-state index in [4.69, 9.17) is 0 Å². The molecule has 0 aliphatic heterocycles. The number of hydrogen-bond donors (Lipinski definition) is 1. The molecule has 0 bridgehead atoms. The van der Waals surface area contributed by atoms with E-state index in [9.17, 15) is 14.5 Å². The second-order valence-corrected chi connectivity index (χ2v) is 6.88. The number of allylic oxidation sites excluding steroid dienone is 2. The first-order valence-corrected chi connectivity index (χ1v) is 8.93. The van der Waals surface area contributed by atoms with Gasteiger partial charge in [0.1, 0.15) is 0 Å². The van der Waals surface area contributed by atoms with Gasteiger partial charge in [-0.1, -0.05) is 16.7 Å². The molecule has 1 N–H and O–H groups in total. The largest absolute Gasteiger partial charge is 0.512 e. The SMILES string of the molecule is CC(=O)/C=C(\O)CC[P+](=O)Cc1cccc(-c2[c-]cccc2)n1.[Ir]. The summed E-state index contributed by atoms with van der Waals surface area (Å²) in [5, 5.41) is 9.52. The Kier molecular flexibility index (Phi) is 8.70. The van der Waals surface area contributed by atoms with Crippen molar-refractivity contribution in [3.63, 3.8) is 0 Å². The number of carbonyl (C=O) groups excluding carboxylic acids is 1. The summed E-state index contributed by atoms with van der Waals surface area (Å²) in [6.45, 7) is 1.37. The molecular weight excluding hydrogens is 501 g/mol. The third kappa shape index (κ3) is 6.84. The number of carbonyl (C=O) groups is 1. The molecule has 1 heterocycles. The Hall–Kier alpha value is -1.67. The summed E-state index contributed by atoms with van der Waals surface area (Å²) in [6, 6.07) is 16.3. The molecule has 0 saturated carbocycles. The quantitative estimate of drug-likeness (QED) is 0.257. The zero-order valence-electron chi connectivity index (χ0n) is 13.2. The van der Waals surface area contributed by atoms with Gasteiger partial charge >= 0.3 is 7.80 Å². The number of benzene rings is 1. The topological polar surface area (TPSA) is 67.3 Å². The van der Waals surface area contributed by atoms with Crippen molar-refractivity contribution in [2.75, 3.05) is 6.16 Å². The van der Waals surface area contributed by atoms with Crippen LogP contribution in [0, 0.1) is 6.07 Å². The molecule has 0 amide bonds. The van der Waals surface area contributed by atoms with Gasteiger partial charge in [0, 0.05) is 32.6 Å². The predicted molar refractivity (Wildman–Crippen MR) is 90.7 cm³/mol. The van der Waals surface area contributed by atoms with E-state index < -0.39 is 7.80 Å². The summed E-state index contributed by atoms with van der Waals surface area (Å²) in [5.74, 6) is -0.243. The van der Waals surface area contributed by atoms with Gasteiger partial charge in [-0.25, -0.2) is 0 Å². The number of aromatic nitrogens is 1. The van der Waals surface area contributed by atoms with Gasteiger partial charge in [-0.3, -0.25) is 9.78 Å². The van der Waals surface area contributed by atoms with Crippen LogP contribution in [-0.2, 0) is 35.6 Å². The van der Waals surface area contributed by atoms with Gasteiger partial charge in [-0.15, -0.1) is 35.9 Å². The molecule has 6 heteroatoms. The smallest absolute Gasteiger partial charge is 0.345 e. The first-order valence-electron chi connectivity index (χ1n) is 7.30. The van der Waals surface area contributed by atoms with Crippen LogP contribution in [0.2, 0.25) is 0 Å². The molecule has 0 saturated heterocycles. The molecular formula is C18H18IrNO3P. The van der Waals surface area contributed by atoms with E-state index in [-0.39, 0.29) is 38.1 Å². The van der Waals surface area contributed by atoms with Gasteiger partial charge in [0.15, 0.2) is 18.1 Å². The number of aliphatic hydroxyl groups is 1. The zero-order chi connectivity index (χ0) is 16.7. The summed E-state index contributed by atoms with van der Waals surface area (Å²) in [4.78, 5) is 15.4. The number of pyridine rings is 1. The maximum absolute atomic E-state index is 12.1. The van der Waals surface area contributed by atoms with E-state index >= 15 is 0 Å². The van der Waals surface area contributed by atoms with Crippen LogP contribution in [0.4, 0.5) is 0 Å². The molecule has 1 aromatic carbocycles. The molecule has 1 aromatic heterocycles. The molecule has 127 valence electrons. The van der Waals surface area contributed by atoms with Crippen LogP contribution >= 0.6 is 7.80 Å². The minimum atomic E-state index is -1.53. The number of nitrogens with zero attached hydrogens (tertiary/aromatic N) is 1. The molecule has 0 spiro atoms. The number of hydrogen-bond acceptors (Lipinski definition) is 4. The van der Waals surface area contributed by atoms with Crippen LogP contribution in [0.3, 0.4) is 0 Å². The summed E-state index contributed by atoms with van der Waals surface area (Å²) in [5.41, 5.74) is 2.44. The zero-order valence-corrected chi connectivity index (χ0v) is 16.5. The van der Waals surface area contributed by atoms with Crippen molar-refractivity contribution in [3.8, 4) is 11.3 Å². The van der Waals surface area contributed by atoms with E-state index in [1.54, 1.807) is 0 Å². The number of rotatable bonds is 7. The van der Waals surface area contributed by atoms with E-state index in [2.05, 4.69) is 11.1 Å². The van der Waals surface area contributed by atoms with Crippen molar-refractivity contribution in [1.29, 1.82) is 0 Å². The van der Waals surface area contributed by atoms with Crippen molar-refractivity contribution in [1.82, 2.24) is 4.98 Å². The number of ketones is 1. The predicted octanol–water partition coefficient (Wildman–Crippen LogP) is 4.29. The number of aliphatic hydroxyl groups excluding tert-OH is 1. The van der Waals surface area contributed by atoms with Crippen molar-refractivity contribution in [3.05, 3.63) is 66.1 Å². The fourth-order valence-electron chi connectivity index (χ4n) is 2.08. The average molecular weight is 520 g/mol. The minimum Gasteiger partial charge on any atom is -0.512 e.